The molecule has 3 saturated heterocycles. The molecule has 0 aromatic heterocycles. The summed E-state index contributed by atoms with van der Waals surface area (Å²) in [6, 6.07) is 0. The van der Waals surface area contributed by atoms with E-state index < -0.39 is 0 Å². The van der Waals surface area contributed by atoms with Gasteiger partial charge in [0.25, 0.3) is 0 Å². The molecule has 0 aromatic carbocycles. The summed E-state index contributed by atoms with van der Waals surface area (Å²) >= 11 is 2.08. The van der Waals surface area contributed by atoms with E-state index in [9.17, 15) is 0 Å². The van der Waals surface area contributed by atoms with Crippen molar-refractivity contribution in [2.45, 2.75) is 51.0 Å². The quantitative estimate of drug-likeness (QED) is 0.362. The topological polar surface area (TPSA) is 52.1 Å². The van der Waals surface area contributed by atoms with Gasteiger partial charge in [-0.3, -0.25) is 9.89 Å². The zero-order chi connectivity index (χ0) is 19.5. The number of guanidine groups is 1. The summed E-state index contributed by atoms with van der Waals surface area (Å²) in [7, 11) is 0. The fourth-order valence-electron chi connectivity index (χ4n) is 4.55. The van der Waals surface area contributed by atoms with Crippen molar-refractivity contribution in [3.63, 3.8) is 0 Å². The second-order valence-corrected chi connectivity index (χ2v) is 9.46. The minimum absolute atomic E-state index is 0.225. The van der Waals surface area contributed by atoms with Gasteiger partial charge in [0, 0.05) is 31.9 Å². The summed E-state index contributed by atoms with van der Waals surface area (Å²) in [5.74, 6) is 3.44. The Bertz CT molecular complexity index is 456. The molecule has 1 atom stereocenters. The molecule has 3 heterocycles. The predicted molar refractivity (Wildman–Crippen MR) is 121 cm³/mol. The molecule has 2 N–H and O–H groups in total. The Morgan fingerprint density at radius 3 is 2.54 bits per heavy atom. The molecule has 7 heteroatoms. The Labute approximate surface area is 176 Å². The highest BCUT2D eigenvalue weighted by Gasteiger charge is 2.40. The maximum atomic E-state index is 5.58. The van der Waals surface area contributed by atoms with Crippen LogP contribution >= 0.6 is 11.8 Å². The minimum atomic E-state index is 0.225. The van der Waals surface area contributed by atoms with Gasteiger partial charge >= 0.3 is 0 Å². The van der Waals surface area contributed by atoms with Gasteiger partial charge < -0.3 is 20.3 Å². The molecule has 28 heavy (non-hydrogen) atoms. The SMILES string of the molecule is CCNC(=NCC1(N2CCOCC2)CCSC1)NCCCN1CCCCCC1. The van der Waals surface area contributed by atoms with Crippen molar-refractivity contribution < 1.29 is 4.74 Å². The molecular weight excluding hydrogens is 370 g/mol. The van der Waals surface area contributed by atoms with Gasteiger partial charge in [0.1, 0.15) is 0 Å². The van der Waals surface area contributed by atoms with Gasteiger partial charge in [-0.2, -0.15) is 11.8 Å². The smallest absolute Gasteiger partial charge is 0.191 e. The van der Waals surface area contributed by atoms with Gasteiger partial charge in [-0.25, -0.2) is 0 Å². The summed E-state index contributed by atoms with van der Waals surface area (Å²) in [4.78, 5) is 10.3. The molecular formula is C21H41N5OS. The summed E-state index contributed by atoms with van der Waals surface area (Å²) in [5.41, 5.74) is 0.225. The lowest BCUT2D eigenvalue weighted by Crippen LogP contribution is -2.56. The summed E-state index contributed by atoms with van der Waals surface area (Å²) in [5, 5.41) is 7.03. The van der Waals surface area contributed by atoms with Gasteiger partial charge in [-0.1, -0.05) is 12.8 Å². The second-order valence-electron chi connectivity index (χ2n) is 8.36. The Hall–Kier alpha value is -0.500. The number of thioether (sulfide) groups is 1. The molecule has 0 saturated carbocycles. The maximum Gasteiger partial charge on any atom is 0.191 e. The minimum Gasteiger partial charge on any atom is -0.379 e. The molecule has 0 aliphatic carbocycles. The lowest BCUT2D eigenvalue weighted by molar-refractivity contribution is -0.0104. The highest BCUT2D eigenvalue weighted by atomic mass is 32.2. The molecule has 3 rings (SSSR count). The number of nitrogens with zero attached hydrogens (tertiary/aromatic N) is 3. The van der Waals surface area contributed by atoms with Crippen LogP contribution in [0.2, 0.25) is 0 Å². The molecule has 0 amide bonds. The lowest BCUT2D eigenvalue weighted by Gasteiger charge is -2.42. The molecule has 3 aliphatic rings. The van der Waals surface area contributed by atoms with Gasteiger partial charge in [-0.05, 0) is 58.0 Å². The average molecular weight is 412 g/mol. The first-order valence-corrected chi connectivity index (χ1v) is 12.6. The Morgan fingerprint density at radius 1 is 1.07 bits per heavy atom. The van der Waals surface area contributed by atoms with Crippen molar-refractivity contribution in [3.8, 4) is 0 Å². The van der Waals surface area contributed by atoms with Crippen LogP contribution in [-0.2, 0) is 4.74 Å². The average Bonchev–Trinajstić information content (AvgIpc) is 3.07. The van der Waals surface area contributed by atoms with Crippen LogP contribution in [0.1, 0.15) is 45.4 Å². The second kappa shape index (κ2) is 12.3. The van der Waals surface area contributed by atoms with E-state index >= 15 is 0 Å². The van der Waals surface area contributed by atoms with Crippen LogP contribution in [0.4, 0.5) is 0 Å². The number of rotatable bonds is 8. The lowest BCUT2D eigenvalue weighted by atomic mass is 9.96. The third kappa shape index (κ3) is 6.78. The number of likely N-dealkylation sites (tertiary alicyclic amines) is 1. The predicted octanol–water partition coefficient (Wildman–Crippen LogP) is 2.02. The third-order valence-corrected chi connectivity index (χ3v) is 7.52. The van der Waals surface area contributed by atoms with E-state index in [1.807, 2.05) is 0 Å². The van der Waals surface area contributed by atoms with E-state index in [1.54, 1.807) is 0 Å². The zero-order valence-electron chi connectivity index (χ0n) is 17.9. The summed E-state index contributed by atoms with van der Waals surface area (Å²) in [6.07, 6.45) is 8.01. The Balaban J connectivity index is 1.46. The molecule has 3 aliphatic heterocycles. The zero-order valence-corrected chi connectivity index (χ0v) is 18.7. The highest BCUT2D eigenvalue weighted by molar-refractivity contribution is 7.99. The van der Waals surface area contributed by atoms with Crippen molar-refractivity contribution in [3.05, 3.63) is 0 Å². The van der Waals surface area contributed by atoms with E-state index in [0.717, 1.165) is 51.9 Å². The van der Waals surface area contributed by atoms with Crippen molar-refractivity contribution in [2.24, 2.45) is 4.99 Å². The van der Waals surface area contributed by atoms with E-state index in [4.69, 9.17) is 9.73 Å². The number of nitrogens with one attached hydrogen (secondary N) is 2. The van der Waals surface area contributed by atoms with Crippen LogP contribution in [-0.4, -0.2) is 98.4 Å². The molecule has 3 fully saturated rings. The van der Waals surface area contributed by atoms with Gasteiger partial charge in [0.05, 0.1) is 25.3 Å². The van der Waals surface area contributed by atoms with Gasteiger partial charge in [-0.15, -0.1) is 0 Å². The standard InChI is InChI=1S/C21H41N5OS/c1-2-22-20(23-9-7-12-25-10-5-3-4-6-11-25)24-18-21(8-17-28-19-21)26-13-15-27-16-14-26/h2-19H2,1H3,(H2,22,23,24). The van der Waals surface area contributed by atoms with Crippen LogP contribution in [0.3, 0.4) is 0 Å². The van der Waals surface area contributed by atoms with Crippen molar-refractivity contribution in [1.29, 1.82) is 0 Å². The molecule has 162 valence electrons. The van der Waals surface area contributed by atoms with Crippen LogP contribution in [0.25, 0.3) is 0 Å². The van der Waals surface area contributed by atoms with Crippen LogP contribution < -0.4 is 10.6 Å². The Morgan fingerprint density at radius 2 is 1.86 bits per heavy atom. The first kappa shape index (κ1) is 22.2. The normalized spacial score (nSPS) is 28.2. The number of morpholine rings is 1. The van der Waals surface area contributed by atoms with Crippen molar-refractivity contribution in [1.82, 2.24) is 20.4 Å². The Kier molecular flexibility index (Phi) is 9.71. The monoisotopic (exact) mass is 411 g/mol. The number of ether oxygens (including phenoxy) is 1. The largest absolute Gasteiger partial charge is 0.379 e. The summed E-state index contributed by atoms with van der Waals surface area (Å²) in [6.45, 7) is 12.6. The first-order valence-electron chi connectivity index (χ1n) is 11.5. The molecule has 1 unspecified atom stereocenters. The van der Waals surface area contributed by atoms with E-state index in [1.165, 1.54) is 69.7 Å². The van der Waals surface area contributed by atoms with Gasteiger partial charge in [0.15, 0.2) is 5.96 Å². The van der Waals surface area contributed by atoms with Crippen LogP contribution in [0.5, 0.6) is 0 Å². The number of hydrogen-bond donors (Lipinski definition) is 2. The number of aliphatic imine (C=N–C) groups is 1. The van der Waals surface area contributed by atoms with Crippen molar-refractivity contribution >= 4 is 17.7 Å². The third-order valence-electron chi connectivity index (χ3n) is 6.28. The van der Waals surface area contributed by atoms with E-state index in [0.29, 0.717) is 0 Å². The van der Waals surface area contributed by atoms with Crippen LogP contribution in [0, 0.1) is 0 Å². The fourth-order valence-corrected chi connectivity index (χ4v) is 6.01. The summed E-state index contributed by atoms with van der Waals surface area (Å²) < 4.78 is 5.58. The molecule has 0 bridgehead atoms. The molecule has 0 radical (unpaired) electrons. The molecule has 0 aromatic rings. The maximum absolute atomic E-state index is 5.58. The molecule has 6 nitrogen and oxygen atoms in total. The molecule has 0 spiro atoms. The fraction of sp³-hybridized carbons (Fsp3) is 0.952. The van der Waals surface area contributed by atoms with Crippen molar-refractivity contribution in [2.75, 3.05) is 77.1 Å². The first-order chi connectivity index (χ1) is 13.8. The highest BCUT2D eigenvalue weighted by Crippen LogP contribution is 2.34. The van der Waals surface area contributed by atoms with Gasteiger partial charge in [0.2, 0.25) is 0 Å². The van der Waals surface area contributed by atoms with E-state index in [2.05, 4.69) is 39.1 Å². The van der Waals surface area contributed by atoms with E-state index in [-0.39, 0.29) is 5.54 Å². The number of hydrogen-bond acceptors (Lipinski definition) is 5. The van der Waals surface area contributed by atoms with Crippen LogP contribution in [0.15, 0.2) is 4.99 Å².